The zero-order valence-electron chi connectivity index (χ0n) is 12.1. The third kappa shape index (κ3) is 3.16. The van der Waals surface area contributed by atoms with Crippen molar-refractivity contribution >= 4 is 5.91 Å². The fourth-order valence-corrected chi connectivity index (χ4v) is 3.02. The molecule has 0 radical (unpaired) electrons. The fraction of sp³-hybridized carbons (Fsp3) is 0.562. The van der Waals surface area contributed by atoms with E-state index in [1.165, 1.54) is 11.1 Å². The van der Waals surface area contributed by atoms with Crippen LogP contribution in [-0.2, 0) is 4.79 Å². The maximum atomic E-state index is 12.2. The molecule has 1 aromatic carbocycles. The SMILES string of the molecule is CNCCC(=O)N1CC(c2ccccc2C)CC1C. The Morgan fingerprint density at radius 2 is 2.16 bits per heavy atom. The Hall–Kier alpha value is -1.35. The van der Waals surface area contributed by atoms with E-state index in [9.17, 15) is 4.79 Å². The van der Waals surface area contributed by atoms with E-state index < -0.39 is 0 Å². The number of hydrogen-bond acceptors (Lipinski definition) is 2. The number of likely N-dealkylation sites (tertiary alicyclic amines) is 1. The lowest BCUT2D eigenvalue weighted by atomic mass is 9.93. The van der Waals surface area contributed by atoms with Crippen LogP contribution in [0, 0.1) is 6.92 Å². The number of amides is 1. The summed E-state index contributed by atoms with van der Waals surface area (Å²) >= 11 is 0. The first-order valence-corrected chi connectivity index (χ1v) is 7.13. The van der Waals surface area contributed by atoms with Gasteiger partial charge in [0.05, 0.1) is 0 Å². The zero-order valence-corrected chi connectivity index (χ0v) is 12.1. The summed E-state index contributed by atoms with van der Waals surface area (Å²) in [5.74, 6) is 0.771. The van der Waals surface area contributed by atoms with Crippen molar-refractivity contribution in [3.8, 4) is 0 Å². The Kier molecular flexibility index (Phi) is 4.59. The van der Waals surface area contributed by atoms with Crippen molar-refractivity contribution in [3.63, 3.8) is 0 Å². The molecule has 1 heterocycles. The van der Waals surface area contributed by atoms with Gasteiger partial charge in [-0.1, -0.05) is 24.3 Å². The number of hydrogen-bond donors (Lipinski definition) is 1. The molecular formula is C16H24N2O. The Morgan fingerprint density at radius 3 is 2.84 bits per heavy atom. The van der Waals surface area contributed by atoms with E-state index >= 15 is 0 Å². The molecule has 1 saturated heterocycles. The van der Waals surface area contributed by atoms with Crippen LogP contribution in [0.5, 0.6) is 0 Å². The van der Waals surface area contributed by atoms with Crippen LogP contribution in [0.1, 0.15) is 36.8 Å². The molecular weight excluding hydrogens is 236 g/mol. The molecule has 0 saturated carbocycles. The lowest BCUT2D eigenvalue weighted by Crippen LogP contribution is -2.35. The third-order valence-electron chi connectivity index (χ3n) is 4.11. The average molecular weight is 260 g/mol. The van der Waals surface area contributed by atoms with Crippen molar-refractivity contribution < 1.29 is 4.79 Å². The molecule has 0 aromatic heterocycles. The second-order valence-corrected chi connectivity index (χ2v) is 5.54. The van der Waals surface area contributed by atoms with E-state index in [2.05, 4.69) is 48.3 Å². The molecule has 2 rings (SSSR count). The first-order valence-electron chi connectivity index (χ1n) is 7.13. The van der Waals surface area contributed by atoms with E-state index in [4.69, 9.17) is 0 Å². The van der Waals surface area contributed by atoms with Crippen LogP contribution < -0.4 is 5.32 Å². The Bertz CT molecular complexity index is 444. The molecule has 0 aliphatic carbocycles. The minimum atomic E-state index is 0.276. The zero-order chi connectivity index (χ0) is 13.8. The van der Waals surface area contributed by atoms with Gasteiger partial charge >= 0.3 is 0 Å². The second kappa shape index (κ2) is 6.20. The van der Waals surface area contributed by atoms with Gasteiger partial charge in [0.15, 0.2) is 0 Å². The topological polar surface area (TPSA) is 32.3 Å². The molecule has 1 aromatic rings. The van der Waals surface area contributed by atoms with E-state index in [1.54, 1.807) is 0 Å². The van der Waals surface area contributed by atoms with Crippen molar-refractivity contribution in [2.45, 2.75) is 38.6 Å². The molecule has 1 N–H and O–H groups in total. The quantitative estimate of drug-likeness (QED) is 0.901. The van der Waals surface area contributed by atoms with Crippen LogP contribution in [0.2, 0.25) is 0 Å². The lowest BCUT2D eigenvalue weighted by molar-refractivity contribution is -0.131. The second-order valence-electron chi connectivity index (χ2n) is 5.54. The molecule has 19 heavy (non-hydrogen) atoms. The summed E-state index contributed by atoms with van der Waals surface area (Å²) in [5, 5.41) is 3.04. The molecule has 2 atom stereocenters. The predicted octanol–water partition coefficient (Wildman–Crippen LogP) is 2.31. The van der Waals surface area contributed by atoms with Crippen molar-refractivity contribution in [2.24, 2.45) is 0 Å². The summed E-state index contributed by atoms with van der Waals surface area (Å²) in [6.45, 7) is 5.95. The van der Waals surface area contributed by atoms with Crippen LogP contribution in [0.4, 0.5) is 0 Å². The maximum absolute atomic E-state index is 12.2. The van der Waals surface area contributed by atoms with Crippen LogP contribution in [-0.4, -0.2) is 37.0 Å². The lowest BCUT2D eigenvalue weighted by Gasteiger charge is -2.21. The standard InChI is InChI=1S/C16H24N2O/c1-12-6-4-5-7-15(12)14-10-13(2)18(11-14)16(19)8-9-17-3/h4-7,13-14,17H,8-11H2,1-3H3. The summed E-state index contributed by atoms with van der Waals surface area (Å²) in [7, 11) is 1.89. The Morgan fingerprint density at radius 1 is 1.42 bits per heavy atom. The molecule has 1 fully saturated rings. The Balaban J connectivity index is 2.05. The minimum absolute atomic E-state index is 0.276. The van der Waals surface area contributed by atoms with E-state index in [0.29, 0.717) is 18.4 Å². The molecule has 3 nitrogen and oxygen atoms in total. The van der Waals surface area contributed by atoms with Gasteiger partial charge < -0.3 is 10.2 Å². The van der Waals surface area contributed by atoms with Gasteiger partial charge in [0.1, 0.15) is 0 Å². The third-order valence-corrected chi connectivity index (χ3v) is 4.11. The average Bonchev–Trinajstić information content (AvgIpc) is 2.78. The normalized spacial score (nSPS) is 22.8. The van der Waals surface area contributed by atoms with E-state index in [0.717, 1.165) is 19.5 Å². The molecule has 1 amide bonds. The fourth-order valence-electron chi connectivity index (χ4n) is 3.02. The van der Waals surface area contributed by atoms with Gasteiger partial charge in [-0.3, -0.25) is 4.79 Å². The van der Waals surface area contributed by atoms with E-state index in [1.807, 2.05) is 7.05 Å². The van der Waals surface area contributed by atoms with Crippen molar-refractivity contribution in [3.05, 3.63) is 35.4 Å². The highest BCUT2D eigenvalue weighted by molar-refractivity contribution is 5.77. The molecule has 2 unspecified atom stereocenters. The maximum Gasteiger partial charge on any atom is 0.224 e. The smallest absolute Gasteiger partial charge is 0.224 e. The highest BCUT2D eigenvalue weighted by Crippen LogP contribution is 2.33. The number of nitrogens with zero attached hydrogens (tertiary/aromatic N) is 1. The Labute approximate surface area is 116 Å². The molecule has 104 valence electrons. The van der Waals surface area contributed by atoms with E-state index in [-0.39, 0.29) is 5.91 Å². The summed E-state index contributed by atoms with van der Waals surface area (Å²) in [5.41, 5.74) is 2.74. The van der Waals surface area contributed by atoms with Gasteiger partial charge in [0.2, 0.25) is 5.91 Å². The largest absolute Gasteiger partial charge is 0.339 e. The first-order chi connectivity index (χ1) is 9.13. The van der Waals surface area contributed by atoms with Gasteiger partial charge in [-0.05, 0) is 38.4 Å². The van der Waals surface area contributed by atoms with Gasteiger partial charge in [-0.15, -0.1) is 0 Å². The first kappa shape index (κ1) is 14.1. The molecule has 0 bridgehead atoms. The summed E-state index contributed by atoms with van der Waals surface area (Å²) in [6.07, 6.45) is 1.68. The highest BCUT2D eigenvalue weighted by atomic mass is 16.2. The summed E-state index contributed by atoms with van der Waals surface area (Å²) in [6, 6.07) is 8.89. The molecule has 1 aliphatic heterocycles. The number of carbonyl (C=O) groups excluding carboxylic acids is 1. The number of aryl methyl sites for hydroxylation is 1. The summed E-state index contributed by atoms with van der Waals surface area (Å²) in [4.78, 5) is 14.2. The van der Waals surface area contributed by atoms with Crippen molar-refractivity contribution in [2.75, 3.05) is 20.1 Å². The molecule has 0 spiro atoms. The van der Waals surface area contributed by atoms with Crippen molar-refractivity contribution in [1.82, 2.24) is 10.2 Å². The number of nitrogens with one attached hydrogen (secondary N) is 1. The van der Waals surface area contributed by atoms with Crippen LogP contribution >= 0.6 is 0 Å². The number of rotatable bonds is 4. The predicted molar refractivity (Wildman–Crippen MR) is 78.3 cm³/mol. The summed E-state index contributed by atoms with van der Waals surface area (Å²) < 4.78 is 0. The van der Waals surface area contributed by atoms with Crippen LogP contribution in [0.15, 0.2) is 24.3 Å². The van der Waals surface area contributed by atoms with Gasteiger partial charge in [-0.25, -0.2) is 0 Å². The van der Waals surface area contributed by atoms with Gasteiger partial charge in [0, 0.05) is 31.5 Å². The minimum Gasteiger partial charge on any atom is -0.339 e. The molecule has 1 aliphatic rings. The van der Waals surface area contributed by atoms with Crippen LogP contribution in [0.3, 0.4) is 0 Å². The molecule has 3 heteroatoms. The number of carbonyl (C=O) groups is 1. The van der Waals surface area contributed by atoms with Gasteiger partial charge in [0.25, 0.3) is 0 Å². The highest BCUT2D eigenvalue weighted by Gasteiger charge is 2.33. The van der Waals surface area contributed by atoms with Gasteiger partial charge in [-0.2, -0.15) is 0 Å². The monoisotopic (exact) mass is 260 g/mol. The van der Waals surface area contributed by atoms with Crippen LogP contribution in [0.25, 0.3) is 0 Å². The van der Waals surface area contributed by atoms with Crippen molar-refractivity contribution in [1.29, 1.82) is 0 Å². The number of benzene rings is 1.